The Morgan fingerprint density at radius 3 is 2.55 bits per heavy atom. The SMILES string of the molecule is Cc1cn2nc([C@@H]3CCCCN3C(=O)c3ccccc3C(F)(F)F)cc2nc1N1CCCC1. The summed E-state index contributed by atoms with van der Waals surface area (Å²) in [5, 5.41) is 4.68. The van der Waals surface area contributed by atoms with E-state index in [0.29, 0.717) is 24.3 Å². The number of alkyl halides is 3. The Bertz CT molecular complexity index is 1180. The van der Waals surface area contributed by atoms with Gasteiger partial charge in [0.25, 0.3) is 5.91 Å². The normalized spacial score (nSPS) is 19.5. The van der Waals surface area contributed by atoms with Gasteiger partial charge < -0.3 is 9.80 Å². The Balaban J connectivity index is 1.50. The molecule has 0 aliphatic carbocycles. The van der Waals surface area contributed by atoms with E-state index in [-0.39, 0.29) is 11.6 Å². The highest BCUT2D eigenvalue weighted by Gasteiger charge is 2.38. The molecule has 1 atom stereocenters. The number of hydrogen-bond acceptors (Lipinski definition) is 4. The average molecular weight is 458 g/mol. The van der Waals surface area contributed by atoms with Crippen LogP contribution in [0.5, 0.6) is 0 Å². The summed E-state index contributed by atoms with van der Waals surface area (Å²) in [6.07, 6.45) is 1.93. The topological polar surface area (TPSA) is 53.7 Å². The van der Waals surface area contributed by atoms with E-state index < -0.39 is 17.6 Å². The molecule has 33 heavy (non-hydrogen) atoms. The van der Waals surface area contributed by atoms with Crippen molar-refractivity contribution in [3.63, 3.8) is 0 Å². The minimum Gasteiger partial charge on any atom is -0.356 e. The fraction of sp³-hybridized carbons (Fsp3) is 0.458. The quantitative estimate of drug-likeness (QED) is 0.554. The average Bonchev–Trinajstić information content (AvgIpc) is 3.47. The molecule has 1 amide bonds. The van der Waals surface area contributed by atoms with E-state index in [1.54, 1.807) is 9.42 Å². The lowest BCUT2D eigenvalue weighted by molar-refractivity contribution is -0.138. The highest BCUT2D eigenvalue weighted by atomic mass is 19.4. The number of rotatable bonds is 3. The second-order valence-corrected chi connectivity index (χ2v) is 8.87. The van der Waals surface area contributed by atoms with E-state index in [9.17, 15) is 18.0 Å². The molecular formula is C24H26F3N5O. The summed E-state index contributed by atoms with van der Waals surface area (Å²) < 4.78 is 42.3. The minimum atomic E-state index is -4.59. The van der Waals surface area contributed by atoms with Gasteiger partial charge in [0.1, 0.15) is 5.82 Å². The molecule has 0 saturated carbocycles. The number of hydrogen-bond donors (Lipinski definition) is 0. The van der Waals surface area contributed by atoms with Crippen LogP contribution in [0.2, 0.25) is 0 Å². The third-order valence-corrected chi connectivity index (χ3v) is 6.60. The van der Waals surface area contributed by atoms with Crippen LogP contribution in [0.1, 0.15) is 65.3 Å². The number of amides is 1. The van der Waals surface area contributed by atoms with Gasteiger partial charge in [-0.3, -0.25) is 4.79 Å². The van der Waals surface area contributed by atoms with E-state index >= 15 is 0 Å². The molecule has 2 aliphatic heterocycles. The molecule has 3 aromatic rings. The number of carbonyl (C=O) groups excluding carboxylic acids is 1. The molecule has 0 radical (unpaired) electrons. The van der Waals surface area contributed by atoms with Crippen LogP contribution in [0.15, 0.2) is 36.5 Å². The van der Waals surface area contributed by atoms with Crippen molar-refractivity contribution in [2.45, 2.75) is 51.2 Å². The zero-order chi connectivity index (χ0) is 23.2. The van der Waals surface area contributed by atoms with Crippen LogP contribution >= 0.6 is 0 Å². The third-order valence-electron chi connectivity index (χ3n) is 6.60. The first kappa shape index (κ1) is 21.7. The number of benzene rings is 1. The summed E-state index contributed by atoms with van der Waals surface area (Å²) in [7, 11) is 0. The van der Waals surface area contributed by atoms with E-state index in [4.69, 9.17) is 4.98 Å². The van der Waals surface area contributed by atoms with Crippen molar-refractivity contribution in [1.29, 1.82) is 0 Å². The maximum atomic E-state index is 13.5. The van der Waals surface area contributed by atoms with Crippen LogP contribution in [0, 0.1) is 6.92 Å². The van der Waals surface area contributed by atoms with Crippen molar-refractivity contribution in [1.82, 2.24) is 19.5 Å². The molecule has 2 aromatic heterocycles. The van der Waals surface area contributed by atoms with Gasteiger partial charge in [-0.25, -0.2) is 9.50 Å². The highest BCUT2D eigenvalue weighted by molar-refractivity contribution is 5.96. The molecule has 2 saturated heterocycles. The van der Waals surface area contributed by atoms with Gasteiger partial charge in [-0.2, -0.15) is 18.3 Å². The standard InChI is InChI=1S/C24H26F3N5O/c1-16-15-32-21(28-22(16)30-11-6-7-12-30)14-19(29-32)20-10-4-5-13-31(20)23(33)17-8-2-3-9-18(17)24(25,26)27/h2-3,8-9,14-15,20H,4-7,10-13H2,1H3/t20-/m0/s1. The summed E-state index contributed by atoms with van der Waals surface area (Å²) in [5.41, 5.74) is 1.16. The summed E-state index contributed by atoms with van der Waals surface area (Å²) in [6.45, 7) is 4.37. The van der Waals surface area contributed by atoms with Crippen LogP contribution in [-0.4, -0.2) is 45.0 Å². The number of aryl methyl sites for hydroxylation is 1. The predicted molar refractivity (Wildman–Crippen MR) is 118 cm³/mol. The van der Waals surface area contributed by atoms with Gasteiger partial charge in [0.2, 0.25) is 0 Å². The lowest BCUT2D eigenvalue weighted by Gasteiger charge is -2.35. The van der Waals surface area contributed by atoms with Gasteiger partial charge in [-0.15, -0.1) is 0 Å². The van der Waals surface area contributed by atoms with Crippen molar-refractivity contribution in [2.24, 2.45) is 0 Å². The van der Waals surface area contributed by atoms with Gasteiger partial charge in [0, 0.05) is 37.5 Å². The fourth-order valence-corrected chi connectivity index (χ4v) is 4.98. The number of piperidine rings is 1. The molecule has 0 bridgehead atoms. The zero-order valence-electron chi connectivity index (χ0n) is 18.5. The lowest BCUT2D eigenvalue weighted by atomic mass is 9.97. The number of anilines is 1. The third kappa shape index (κ3) is 4.05. The molecule has 174 valence electrons. The summed E-state index contributed by atoms with van der Waals surface area (Å²) in [6, 6.07) is 6.48. The second-order valence-electron chi connectivity index (χ2n) is 8.87. The summed E-state index contributed by atoms with van der Waals surface area (Å²) in [4.78, 5) is 22.0. The van der Waals surface area contributed by atoms with Crippen LogP contribution in [0.25, 0.3) is 5.65 Å². The second kappa shape index (κ2) is 8.35. The number of nitrogens with zero attached hydrogens (tertiary/aromatic N) is 5. The van der Waals surface area contributed by atoms with Crippen LogP contribution in [-0.2, 0) is 6.18 Å². The lowest BCUT2D eigenvalue weighted by Crippen LogP contribution is -2.39. The van der Waals surface area contributed by atoms with Crippen molar-refractivity contribution in [2.75, 3.05) is 24.5 Å². The van der Waals surface area contributed by atoms with E-state index in [1.165, 1.54) is 18.2 Å². The minimum absolute atomic E-state index is 0.314. The van der Waals surface area contributed by atoms with Crippen molar-refractivity contribution >= 4 is 17.4 Å². The smallest absolute Gasteiger partial charge is 0.356 e. The molecule has 2 aliphatic rings. The number of likely N-dealkylation sites (tertiary alicyclic amines) is 1. The van der Waals surface area contributed by atoms with Crippen LogP contribution < -0.4 is 4.90 Å². The Labute approximate surface area is 190 Å². The van der Waals surface area contributed by atoms with Crippen LogP contribution in [0.3, 0.4) is 0 Å². The Hall–Kier alpha value is -3.10. The molecule has 6 nitrogen and oxygen atoms in total. The van der Waals surface area contributed by atoms with E-state index in [0.717, 1.165) is 56.2 Å². The molecule has 0 unspecified atom stereocenters. The molecule has 2 fully saturated rings. The van der Waals surface area contributed by atoms with Crippen LogP contribution in [0.4, 0.5) is 19.0 Å². The van der Waals surface area contributed by atoms with Gasteiger partial charge in [-0.1, -0.05) is 12.1 Å². The molecule has 0 N–H and O–H groups in total. The molecule has 9 heteroatoms. The van der Waals surface area contributed by atoms with Crippen molar-refractivity contribution < 1.29 is 18.0 Å². The predicted octanol–water partition coefficient (Wildman–Crippen LogP) is 5.02. The largest absolute Gasteiger partial charge is 0.417 e. The number of fused-ring (bicyclic) bond motifs is 1. The van der Waals surface area contributed by atoms with Crippen molar-refractivity contribution in [3.05, 3.63) is 58.9 Å². The van der Waals surface area contributed by atoms with Crippen molar-refractivity contribution in [3.8, 4) is 0 Å². The van der Waals surface area contributed by atoms with E-state index in [2.05, 4.69) is 10.00 Å². The number of carbonyl (C=O) groups is 1. The maximum absolute atomic E-state index is 13.5. The Morgan fingerprint density at radius 1 is 1.06 bits per heavy atom. The van der Waals surface area contributed by atoms with Gasteiger partial charge >= 0.3 is 6.18 Å². The van der Waals surface area contributed by atoms with Gasteiger partial charge in [0.05, 0.1) is 22.9 Å². The monoisotopic (exact) mass is 457 g/mol. The fourth-order valence-electron chi connectivity index (χ4n) is 4.98. The first-order chi connectivity index (χ1) is 15.8. The highest BCUT2D eigenvalue weighted by Crippen LogP contribution is 2.36. The Morgan fingerprint density at radius 2 is 1.79 bits per heavy atom. The maximum Gasteiger partial charge on any atom is 0.417 e. The van der Waals surface area contributed by atoms with E-state index in [1.807, 2.05) is 19.2 Å². The summed E-state index contributed by atoms with van der Waals surface area (Å²) >= 11 is 0. The van der Waals surface area contributed by atoms with Gasteiger partial charge in [0.15, 0.2) is 5.65 Å². The molecule has 1 aromatic carbocycles. The molecule has 4 heterocycles. The first-order valence-corrected chi connectivity index (χ1v) is 11.4. The van der Waals surface area contributed by atoms with Gasteiger partial charge in [-0.05, 0) is 51.2 Å². The Kier molecular flexibility index (Phi) is 5.50. The zero-order valence-corrected chi connectivity index (χ0v) is 18.5. The number of halogens is 3. The molecule has 0 spiro atoms. The molecule has 5 rings (SSSR count). The molecular weight excluding hydrogens is 431 g/mol. The summed E-state index contributed by atoms with van der Waals surface area (Å²) in [5.74, 6) is 0.341. The first-order valence-electron chi connectivity index (χ1n) is 11.4. The number of aromatic nitrogens is 3.